The van der Waals surface area contributed by atoms with Crippen LogP contribution in [0, 0.1) is 16.2 Å². The summed E-state index contributed by atoms with van der Waals surface area (Å²) in [5, 5.41) is 25.4. The summed E-state index contributed by atoms with van der Waals surface area (Å²) >= 11 is 1.15. The zero-order valence-corrected chi connectivity index (χ0v) is 17.4. The van der Waals surface area contributed by atoms with E-state index in [1.165, 1.54) is 19.1 Å². The van der Waals surface area contributed by atoms with Crippen molar-refractivity contribution in [3.63, 3.8) is 0 Å². The predicted molar refractivity (Wildman–Crippen MR) is 115 cm³/mol. The third-order valence-electron chi connectivity index (χ3n) is 4.76. The summed E-state index contributed by atoms with van der Waals surface area (Å²) in [6.45, 7) is 1.28. The fourth-order valence-corrected chi connectivity index (χ4v) is 4.09. The van der Waals surface area contributed by atoms with Crippen LogP contribution in [0.2, 0.25) is 0 Å². The molecule has 6 nitrogen and oxygen atoms in total. The quantitative estimate of drug-likeness (QED) is 0.364. The van der Waals surface area contributed by atoms with Crippen molar-refractivity contribution in [1.29, 1.82) is 5.26 Å². The van der Waals surface area contributed by atoms with Crippen LogP contribution >= 0.6 is 11.8 Å². The monoisotopic (exact) mass is 459 g/mol. The number of rotatable bonds is 6. The molecule has 1 unspecified atom stereocenters. The number of amides is 1. The number of nitroso groups, excluding NO2 is 1. The maximum atomic E-state index is 13.2. The summed E-state index contributed by atoms with van der Waals surface area (Å²) < 4.78 is 39.5. The first-order valence-corrected chi connectivity index (χ1v) is 10.2. The van der Waals surface area contributed by atoms with Gasteiger partial charge in [0.05, 0.1) is 17.2 Å². The number of hydrogen-bond donors (Lipinski definition) is 2. The molecule has 0 fully saturated rings. The Morgan fingerprint density at radius 1 is 1.16 bits per heavy atom. The van der Waals surface area contributed by atoms with E-state index in [-0.39, 0.29) is 17.2 Å². The molecule has 32 heavy (non-hydrogen) atoms. The van der Waals surface area contributed by atoms with Crippen molar-refractivity contribution in [2.24, 2.45) is 5.18 Å². The molecule has 0 heterocycles. The van der Waals surface area contributed by atoms with Crippen LogP contribution in [0.15, 0.2) is 64.7 Å². The van der Waals surface area contributed by atoms with Gasteiger partial charge in [-0.25, -0.2) is 0 Å². The summed E-state index contributed by atoms with van der Waals surface area (Å²) in [5.41, 5.74) is -3.78. The van der Waals surface area contributed by atoms with E-state index in [2.05, 4.69) is 10.5 Å². The second kappa shape index (κ2) is 8.88. The van der Waals surface area contributed by atoms with E-state index < -0.39 is 28.7 Å². The van der Waals surface area contributed by atoms with Gasteiger partial charge in [0.25, 0.3) is 5.91 Å². The Kier molecular flexibility index (Phi) is 6.41. The predicted octanol–water partition coefficient (Wildman–Crippen LogP) is 5.69. The van der Waals surface area contributed by atoms with Crippen LogP contribution in [0.5, 0.6) is 5.75 Å². The number of nitriles is 1. The van der Waals surface area contributed by atoms with E-state index in [1.807, 2.05) is 0 Å². The van der Waals surface area contributed by atoms with Crippen molar-refractivity contribution in [2.45, 2.75) is 23.5 Å². The zero-order valence-electron chi connectivity index (χ0n) is 16.6. The van der Waals surface area contributed by atoms with Gasteiger partial charge in [0, 0.05) is 21.7 Å². The van der Waals surface area contributed by atoms with E-state index in [9.17, 15) is 28.0 Å². The minimum atomic E-state index is -4.78. The Morgan fingerprint density at radius 3 is 2.50 bits per heavy atom. The molecule has 2 N–H and O–H groups in total. The number of thioether (sulfide) groups is 1. The van der Waals surface area contributed by atoms with Gasteiger partial charge in [-0.3, -0.25) is 4.79 Å². The average Bonchev–Trinajstić information content (AvgIpc) is 2.77. The SMILES string of the molecule is CC(CSc1cccc2c(O)cccc12)(N=O)C(=O)Nc1ccc(C#N)c(C(F)(F)F)c1. The van der Waals surface area contributed by atoms with Gasteiger partial charge in [0.2, 0.25) is 0 Å². The van der Waals surface area contributed by atoms with E-state index in [1.54, 1.807) is 30.3 Å². The van der Waals surface area contributed by atoms with Crippen molar-refractivity contribution >= 4 is 34.1 Å². The highest BCUT2D eigenvalue weighted by Crippen LogP contribution is 2.36. The molecule has 0 aromatic heterocycles. The Labute approximate surface area is 185 Å². The van der Waals surface area contributed by atoms with Gasteiger partial charge in [0.1, 0.15) is 5.75 Å². The molecule has 0 aliphatic rings. The molecule has 1 amide bonds. The van der Waals surface area contributed by atoms with E-state index in [0.29, 0.717) is 21.7 Å². The fraction of sp³-hybridized carbons (Fsp3) is 0.182. The average molecular weight is 459 g/mol. The smallest absolute Gasteiger partial charge is 0.417 e. The lowest BCUT2D eigenvalue weighted by atomic mass is 10.0. The molecule has 0 aliphatic heterocycles. The van der Waals surface area contributed by atoms with Crippen molar-refractivity contribution in [3.05, 3.63) is 70.6 Å². The lowest BCUT2D eigenvalue weighted by Gasteiger charge is -2.21. The molecule has 164 valence electrons. The first-order valence-electron chi connectivity index (χ1n) is 9.20. The summed E-state index contributed by atoms with van der Waals surface area (Å²) in [7, 11) is 0. The molecule has 0 saturated carbocycles. The molecule has 3 aromatic carbocycles. The number of benzene rings is 3. The van der Waals surface area contributed by atoms with Crippen molar-refractivity contribution in [1.82, 2.24) is 0 Å². The van der Waals surface area contributed by atoms with Gasteiger partial charge >= 0.3 is 6.18 Å². The lowest BCUT2D eigenvalue weighted by Crippen LogP contribution is -2.40. The summed E-state index contributed by atoms with van der Waals surface area (Å²) in [6, 6.07) is 14.4. The van der Waals surface area contributed by atoms with Gasteiger partial charge in [-0.2, -0.15) is 18.4 Å². The molecule has 0 radical (unpaired) electrons. The van der Waals surface area contributed by atoms with Crippen LogP contribution in [0.1, 0.15) is 18.1 Å². The summed E-state index contributed by atoms with van der Waals surface area (Å²) in [6.07, 6.45) is -4.78. The fourth-order valence-electron chi connectivity index (χ4n) is 2.96. The number of aromatic hydroxyl groups is 1. The second-order valence-corrected chi connectivity index (χ2v) is 8.12. The Bertz CT molecular complexity index is 1240. The number of nitrogens with one attached hydrogen (secondary N) is 1. The number of carbonyl (C=O) groups is 1. The minimum absolute atomic E-state index is 0.0836. The molecule has 3 aromatic rings. The molecular weight excluding hydrogens is 443 g/mol. The molecular formula is C22H16F3N3O3S. The number of fused-ring (bicyclic) bond motifs is 1. The number of alkyl halides is 3. The third-order valence-corrected chi connectivity index (χ3v) is 6.14. The normalized spacial score (nSPS) is 13.2. The lowest BCUT2D eigenvalue weighted by molar-refractivity contribution is -0.137. The van der Waals surface area contributed by atoms with Gasteiger partial charge in [0.15, 0.2) is 5.54 Å². The Hall–Kier alpha value is -3.58. The molecule has 0 saturated heterocycles. The molecule has 0 aliphatic carbocycles. The number of halogens is 3. The third kappa shape index (κ3) is 4.68. The van der Waals surface area contributed by atoms with Crippen LogP contribution in [-0.4, -0.2) is 22.3 Å². The summed E-state index contributed by atoms with van der Waals surface area (Å²) in [5.74, 6) is -0.902. The Morgan fingerprint density at radius 2 is 1.84 bits per heavy atom. The van der Waals surface area contributed by atoms with Crippen molar-refractivity contribution in [3.8, 4) is 11.8 Å². The highest BCUT2D eigenvalue weighted by Gasteiger charge is 2.37. The van der Waals surface area contributed by atoms with Gasteiger partial charge in [-0.05, 0) is 42.6 Å². The molecule has 10 heteroatoms. The Balaban J connectivity index is 1.82. The maximum Gasteiger partial charge on any atom is 0.417 e. The van der Waals surface area contributed by atoms with Gasteiger partial charge < -0.3 is 10.4 Å². The van der Waals surface area contributed by atoms with Crippen molar-refractivity contribution < 1.29 is 23.1 Å². The first-order chi connectivity index (χ1) is 15.1. The van der Waals surface area contributed by atoms with E-state index >= 15 is 0 Å². The standard InChI is InChI=1S/C22H16F3N3O3S/c1-21(28-31,12-32-19-7-3-4-15-16(19)5-2-6-18(15)29)20(30)27-14-9-8-13(11-26)17(10-14)22(23,24)25/h2-10,29H,12H2,1H3,(H,27,30). The number of nitrogens with zero attached hydrogens (tertiary/aromatic N) is 2. The number of hydrogen-bond acceptors (Lipinski definition) is 6. The highest BCUT2D eigenvalue weighted by molar-refractivity contribution is 7.99. The van der Waals surface area contributed by atoms with Crippen LogP contribution in [0.4, 0.5) is 18.9 Å². The number of phenols is 1. The van der Waals surface area contributed by atoms with E-state index in [0.717, 1.165) is 23.9 Å². The molecule has 3 rings (SSSR count). The maximum absolute atomic E-state index is 13.2. The minimum Gasteiger partial charge on any atom is -0.507 e. The van der Waals surface area contributed by atoms with Crippen LogP contribution in [0.3, 0.4) is 0 Å². The molecule has 0 spiro atoms. The second-order valence-electron chi connectivity index (χ2n) is 7.11. The summed E-state index contributed by atoms with van der Waals surface area (Å²) in [4.78, 5) is 24.9. The number of phenolic OH excluding ortho intramolecular Hbond substituents is 1. The van der Waals surface area contributed by atoms with Crippen LogP contribution in [-0.2, 0) is 11.0 Å². The molecule has 0 bridgehead atoms. The number of carbonyl (C=O) groups excluding carboxylic acids is 1. The zero-order chi connectivity index (χ0) is 23.5. The van der Waals surface area contributed by atoms with Crippen LogP contribution < -0.4 is 5.32 Å². The van der Waals surface area contributed by atoms with Crippen molar-refractivity contribution in [2.75, 3.05) is 11.1 Å². The van der Waals surface area contributed by atoms with Crippen LogP contribution in [0.25, 0.3) is 10.8 Å². The van der Waals surface area contributed by atoms with Gasteiger partial charge in [-0.1, -0.05) is 29.4 Å². The first kappa shape index (κ1) is 23.1. The topological polar surface area (TPSA) is 103 Å². The number of anilines is 1. The largest absolute Gasteiger partial charge is 0.507 e. The molecule has 1 atom stereocenters. The highest BCUT2D eigenvalue weighted by atomic mass is 32.2. The van der Waals surface area contributed by atoms with Gasteiger partial charge in [-0.15, -0.1) is 16.7 Å². The van der Waals surface area contributed by atoms with E-state index in [4.69, 9.17) is 5.26 Å².